The largest absolute Gasteiger partial charge is 0.339 e. The molecule has 0 aromatic carbocycles. The lowest BCUT2D eigenvalue weighted by Gasteiger charge is -2.37. The van der Waals surface area contributed by atoms with Gasteiger partial charge in [0.1, 0.15) is 0 Å². The van der Waals surface area contributed by atoms with Crippen LogP contribution in [0.15, 0.2) is 11.9 Å². The Morgan fingerprint density at radius 2 is 1.41 bits per heavy atom. The topological polar surface area (TPSA) is 9.23 Å². The van der Waals surface area contributed by atoms with Gasteiger partial charge in [-0.2, -0.15) is 13.2 Å². The fraction of sp³-hybridized carbons (Fsp3) is 0.882. The highest BCUT2D eigenvalue weighted by molar-refractivity contribution is 4.95. The molecule has 0 bridgehead atoms. The summed E-state index contributed by atoms with van der Waals surface area (Å²) in [6.45, 7) is 2.24. The third-order valence-electron chi connectivity index (χ3n) is 5.55. The quantitative estimate of drug-likeness (QED) is 0.551. The molecule has 0 spiro atoms. The van der Waals surface area contributed by atoms with E-state index >= 15 is 0 Å². The summed E-state index contributed by atoms with van der Waals surface area (Å²) in [5, 5.41) is 0. The molecule has 1 atom stereocenters. The maximum absolute atomic E-state index is 13.2. The van der Waals surface area contributed by atoms with Crippen LogP contribution in [0.4, 0.5) is 17.6 Å². The molecule has 22 heavy (non-hydrogen) atoms. The summed E-state index contributed by atoms with van der Waals surface area (Å²) in [7, 11) is 0. The Morgan fingerprint density at radius 1 is 0.909 bits per heavy atom. The number of halogens is 4. The van der Waals surface area contributed by atoms with Crippen LogP contribution < -0.4 is 0 Å². The van der Waals surface area contributed by atoms with Crippen molar-refractivity contribution < 1.29 is 22.3 Å². The van der Waals surface area contributed by atoms with E-state index in [2.05, 4.69) is 6.92 Å². The van der Waals surface area contributed by atoms with Gasteiger partial charge in [-0.15, -0.1) is 0 Å². The maximum Gasteiger partial charge on any atom is 0.307 e. The molecule has 1 unspecified atom stereocenters. The minimum atomic E-state index is -2.63. The predicted octanol–water partition coefficient (Wildman–Crippen LogP) is 6.15. The molecule has 0 aromatic heterocycles. The molecule has 0 aromatic rings. The Morgan fingerprint density at radius 3 is 1.86 bits per heavy atom. The molecule has 5 heteroatoms. The van der Waals surface area contributed by atoms with Crippen molar-refractivity contribution in [3.63, 3.8) is 0 Å². The highest BCUT2D eigenvalue weighted by atomic mass is 19.3. The van der Waals surface area contributed by atoms with Crippen molar-refractivity contribution in [3.05, 3.63) is 11.9 Å². The Hall–Kier alpha value is -0.580. The first-order chi connectivity index (χ1) is 10.5. The van der Waals surface area contributed by atoms with E-state index in [4.69, 9.17) is 4.74 Å². The van der Waals surface area contributed by atoms with Crippen LogP contribution in [-0.4, -0.2) is 12.5 Å². The third-order valence-corrected chi connectivity index (χ3v) is 5.55. The van der Waals surface area contributed by atoms with E-state index in [9.17, 15) is 17.6 Å². The molecule has 0 aliphatic heterocycles. The summed E-state index contributed by atoms with van der Waals surface area (Å²) >= 11 is 0. The highest BCUT2D eigenvalue weighted by Crippen LogP contribution is 2.41. The lowest BCUT2D eigenvalue weighted by Crippen LogP contribution is -2.30. The van der Waals surface area contributed by atoms with Gasteiger partial charge in [0.15, 0.2) is 0 Å². The van der Waals surface area contributed by atoms with Crippen molar-refractivity contribution in [1.82, 2.24) is 0 Å². The number of rotatable bonds is 5. The van der Waals surface area contributed by atoms with Gasteiger partial charge in [-0.1, -0.05) is 26.2 Å². The molecule has 0 heterocycles. The summed E-state index contributed by atoms with van der Waals surface area (Å²) in [6, 6.07) is 0. The van der Waals surface area contributed by atoms with Crippen molar-refractivity contribution in [2.24, 2.45) is 17.8 Å². The van der Waals surface area contributed by atoms with Crippen LogP contribution in [0.5, 0.6) is 0 Å². The van der Waals surface area contributed by atoms with Crippen LogP contribution in [0.1, 0.15) is 64.7 Å². The van der Waals surface area contributed by atoms with Crippen molar-refractivity contribution in [1.29, 1.82) is 0 Å². The van der Waals surface area contributed by atoms with E-state index in [-0.39, 0.29) is 0 Å². The summed E-state index contributed by atoms with van der Waals surface area (Å²) in [5.41, 5.74) is 0. The second-order valence-electron chi connectivity index (χ2n) is 6.79. The molecule has 0 radical (unpaired) electrons. The first-order valence-electron chi connectivity index (χ1n) is 8.51. The number of hydrogen-bond acceptors (Lipinski definition) is 1. The zero-order chi connectivity index (χ0) is 16.1. The van der Waals surface area contributed by atoms with E-state index in [0.717, 1.165) is 24.7 Å². The average molecular weight is 322 g/mol. The van der Waals surface area contributed by atoms with Crippen LogP contribution in [0.25, 0.3) is 0 Å². The SMILES string of the molecule is CCC1CCC(C2CCC(OC(F)C(F)=C(F)F)CC2)CC1. The van der Waals surface area contributed by atoms with Gasteiger partial charge in [-0.3, -0.25) is 0 Å². The van der Waals surface area contributed by atoms with Crippen molar-refractivity contribution in [3.8, 4) is 0 Å². The standard InChI is InChI=1S/C17H26F4O/c1-2-11-3-5-12(6-4-11)13-7-9-14(10-8-13)22-17(21)15(18)16(19)20/h11-14,17H,2-10H2,1H3. The molecule has 2 aliphatic rings. The van der Waals surface area contributed by atoms with Gasteiger partial charge in [0, 0.05) is 0 Å². The van der Waals surface area contributed by atoms with E-state index in [0.29, 0.717) is 18.8 Å². The molecule has 0 N–H and O–H groups in total. The highest BCUT2D eigenvalue weighted by Gasteiger charge is 2.32. The second kappa shape index (κ2) is 8.32. The summed E-state index contributed by atoms with van der Waals surface area (Å²) in [5.74, 6) is 0.160. The van der Waals surface area contributed by atoms with Gasteiger partial charge in [0.2, 0.25) is 5.83 Å². The summed E-state index contributed by atoms with van der Waals surface area (Å²) in [6.07, 6.45) is 3.85. The maximum atomic E-state index is 13.2. The van der Waals surface area contributed by atoms with Gasteiger partial charge in [-0.05, 0) is 56.3 Å². The van der Waals surface area contributed by atoms with Crippen LogP contribution in [0, 0.1) is 17.8 Å². The molecule has 1 nitrogen and oxygen atoms in total. The predicted molar refractivity (Wildman–Crippen MR) is 77.8 cm³/mol. The Bertz CT molecular complexity index is 365. The number of hydrogen-bond donors (Lipinski definition) is 0. The smallest absolute Gasteiger partial charge is 0.307 e. The zero-order valence-corrected chi connectivity index (χ0v) is 13.2. The van der Waals surface area contributed by atoms with Crippen LogP contribution in [0.3, 0.4) is 0 Å². The minimum absolute atomic E-state index is 0.441. The zero-order valence-electron chi connectivity index (χ0n) is 13.2. The second-order valence-corrected chi connectivity index (χ2v) is 6.79. The van der Waals surface area contributed by atoms with Crippen LogP contribution in [0.2, 0.25) is 0 Å². The van der Waals surface area contributed by atoms with Crippen LogP contribution >= 0.6 is 0 Å². The van der Waals surface area contributed by atoms with Gasteiger partial charge in [0.25, 0.3) is 6.36 Å². The fourth-order valence-electron chi connectivity index (χ4n) is 4.08. The van der Waals surface area contributed by atoms with E-state index in [1.807, 2.05) is 0 Å². The molecule has 2 aliphatic carbocycles. The Kier molecular flexibility index (Phi) is 6.72. The summed E-state index contributed by atoms with van der Waals surface area (Å²) < 4.78 is 54.7. The van der Waals surface area contributed by atoms with Gasteiger partial charge >= 0.3 is 6.08 Å². The molecular formula is C17H26F4O. The van der Waals surface area contributed by atoms with Gasteiger partial charge < -0.3 is 4.74 Å². The van der Waals surface area contributed by atoms with Gasteiger partial charge in [0.05, 0.1) is 6.10 Å². The fourth-order valence-corrected chi connectivity index (χ4v) is 4.08. The first-order valence-corrected chi connectivity index (χ1v) is 8.51. The number of ether oxygens (including phenoxy) is 1. The first kappa shape index (κ1) is 17.8. The van der Waals surface area contributed by atoms with Crippen molar-refractivity contribution >= 4 is 0 Å². The molecule has 2 saturated carbocycles. The van der Waals surface area contributed by atoms with Gasteiger partial charge in [-0.25, -0.2) is 4.39 Å². The average Bonchev–Trinajstić information content (AvgIpc) is 2.54. The monoisotopic (exact) mass is 322 g/mol. The summed E-state index contributed by atoms with van der Waals surface area (Å²) in [4.78, 5) is 0. The van der Waals surface area contributed by atoms with E-state index in [1.165, 1.54) is 32.1 Å². The Labute approximate surface area is 130 Å². The molecule has 2 rings (SSSR count). The molecule has 0 saturated heterocycles. The van der Waals surface area contributed by atoms with Crippen LogP contribution in [-0.2, 0) is 4.74 Å². The van der Waals surface area contributed by atoms with E-state index in [1.54, 1.807) is 0 Å². The lowest BCUT2D eigenvalue weighted by molar-refractivity contribution is -0.0948. The molecule has 2 fully saturated rings. The van der Waals surface area contributed by atoms with E-state index < -0.39 is 24.4 Å². The van der Waals surface area contributed by atoms with Crippen molar-refractivity contribution in [2.45, 2.75) is 77.2 Å². The number of alkyl halides is 1. The molecule has 128 valence electrons. The lowest BCUT2D eigenvalue weighted by atomic mass is 9.70. The molecule has 0 amide bonds. The third kappa shape index (κ3) is 4.71. The Balaban J connectivity index is 1.73. The normalized spacial score (nSPS) is 34.2. The van der Waals surface area contributed by atoms with Crippen molar-refractivity contribution in [2.75, 3.05) is 0 Å². The molecular weight excluding hydrogens is 296 g/mol. The minimum Gasteiger partial charge on any atom is -0.339 e.